The number of carbonyl (C=O) groups is 1. The number of amides is 1. The summed E-state index contributed by atoms with van der Waals surface area (Å²) in [6, 6.07) is 8.03. The highest BCUT2D eigenvalue weighted by molar-refractivity contribution is 5.95. The zero-order valence-corrected chi connectivity index (χ0v) is 12.7. The Kier molecular flexibility index (Phi) is 3.98. The summed E-state index contributed by atoms with van der Waals surface area (Å²) in [6.45, 7) is 5.55. The maximum Gasteiger partial charge on any atom is 0.258 e. The van der Waals surface area contributed by atoms with Crippen LogP contribution in [0.5, 0.6) is 0 Å². The van der Waals surface area contributed by atoms with Crippen LogP contribution in [0.25, 0.3) is 0 Å². The Hall–Kier alpha value is -2.14. The van der Waals surface area contributed by atoms with E-state index in [9.17, 15) is 9.18 Å². The standard InChI is InChI=1S/C17H19FN2O2/c1-11-8-15(12(2)22-11)17(21)20-7-6-19-10-16(20)13-4-3-5-14(18)9-13/h3-5,8-9,16,19H,6-7,10H2,1-2H3. The van der Waals surface area contributed by atoms with Crippen molar-refractivity contribution in [2.45, 2.75) is 19.9 Å². The smallest absolute Gasteiger partial charge is 0.258 e. The fourth-order valence-corrected chi connectivity index (χ4v) is 2.96. The number of nitrogens with zero attached hydrogens (tertiary/aromatic N) is 1. The Bertz CT molecular complexity index is 696. The molecule has 1 N–H and O–H groups in total. The molecule has 1 aromatic carbocycles. The number of carbonyl (C=O) groups excluding carboxylic acids is 1. The van der Waals surface area contributed by atoms with Gasteiger partial charge in [0.2, 0.25) is 0 Å². The molecule has 0 spiro atoms. The Balaban J connectivity index is 1.92. The fraction of sp³-hybridized carbons (Fsp3) is 0.353. The fourth-order valence-electron chi connectivity index (χ4n) is 2.96. The average Bonchev–Trinajstić information content (AvgIpc) is 2.85. The van der Waals surface area contributed by atoms with Gasteiger partial charge in [-0.25, -0.2) is 4.39 Å². The molecule has 1 saturated heterocycles. The molecule has 5 heteroatoms. The van der Waals surface area contributed by atoms with Gasteiger partial charge in [-0.3, -0.25) is 4.79 Å². The van der Waals surface area contributed by atoms with Crippen LogP contribution in [0.1, 0.15) is 33.5 Å². The molecule has 1 amide bonds. The molecule has 1 atom stereocenters. The second kappa shape index (κ2) is 5.93. The molecule has 4 nitrogen and oxygen atoms in total. The zero-order chi connectivity index (χ0) is 15.7. The molecule has 1 aromatic heterocycles. The number of aryl methyl sites for hydroxylation is 2. The second-order valence-corrected chi connectivity index (χ2v) is 5.60. The number of rotatable bonds is 2. The molecule has 1 aliphatic rings. The van der Waals surface area contributed by atoms with E-state index in [1.165, 1.54) is 12.1 Å². The number of furan rings is 1. The van der Waals surface area contributed by atoms with Crippen molar-refractivity contribution in [2.75, 3.05) is 19.6 Å². The largest absolute Gasteiger partial charge is 0.466 e. The van der Waals surface area contributed by atoms with E-state index in [1.54, 1.807) is 24.0 Å². The van der Waals surface area contributed by atoms with Gasteiger partial charge in [-0.2, -0.15) is 0 Å². The van der Waals surface area contributed by atoms with Crippen LogP contribution in [0, 0.1) is 19.7 Å². The zero-order valence-electron chi connectivity index (χ0n) is 12.7. The third-order valence-corrected chi connectivity index (χ3v) is 4.01. The number of benzene rings is 1. The Labute approximate surface area is 128 Å². The topological polar surface area (TPSA) is 45.5 Å². The molecule has 2 heterocycles. The van der Waals surface area contributed by atoms with E-state index in [2.05, 4.69) is 5.32 Å². The highest BCUT2D eigenvalue weighted by Crippen LogP contribution is 2.26. The van der Waals surface area contributed by atoms with E-state index in [-0.39, 0.29) is 17.8 Å². The maximum absolute atomic E-state index is 13.5. The minimum atomic E-state index is -0.286. The lowest BCUT2D eigenvalue weighted by atomic mass is 10.0. The van der Waals surface area contributed by atoms with Crippen LogP contribution in [0.3, 0.4) is 0 Å². The summed E-state index contributed by atoms with van der Waals surface area (Å²) in [5.74, 6) is 0.994. The van der Waals surface area contributed by atoms with E-state index in [1.807, 2.05) is 13.0 Å². The summed E-state index contributed by atoms with van der Waals surface area (Å²) >= 11 is 0. The van der Waals surface area contributed by atoms with Crippen LogP contribution in [0.4, 0.5) is 4.39 Å². The summed E-state index contributed by atoms with van der Waals surface area (Å²) in [7, 11) is 0. The van der Waals surface area contributed by atoms with Gasteiger partial charge < -0.3 is 14.6 Å². The minimum Gasteiger partial charge on any atom is -0.466 e. The van der Waals surface area contributed by atoms with Gasteiger partial charge in [0.1, 0.15) is 17.3 Å². The van der Waals surface area contributed by atoms with Crippen molar-refractivity contribution in [1.82, 2.24) is 10.2 Å². The predicted molar refractivity (Wildman–Crippen MR) is 81.2 cm³/mol. The van der Waals surface area contributed by atoms with Gasteiger partial charge >= 0.3 is 0 Å². The molecule has 2 aromatic rings. The predicted octanol–water partition coefficient (Wildman–Crippen LogP) is 2.82. The van der Waals surface area contributed by atoms with Gasteiger partial charge in [0.15, 0.2) is 0 Å². The monoisotopic (exact) mass is 302 g/mol. The molecule has 0 radical (unpaired) electrons. The van der Waals surface area contributed by atoms with E-state index >= 15 is 0 Å². The minimum absolute atomic E-state index is 0.0647. The van der Waals surface area contributed by atoms with Gasteiger partial charge in [-0.05, 0) is 37.6 Å². The molecule has 0 bridgehead atoms. The van der Waals surface area contributed by atoms with Crippen LogP contribution in [0.2, 0.25) is 0 Å². The SMILES string of the molecule is Cc1cc(C(=O)N2CCNCC2c2cccc(F)c2)c(C)o1. The lowest BCUT2D eigenvalue weighted by Crippen LogP contribution is -2.48. The summed E-state index contributed by atoms with van der Waals surface area (Å²) in [4.78, 5) is 14.6. The number of hydrogen-bond donors (Lipinski definition) is 1. The van der Waals surface area contributed by atoms with Crippen molar-refractivity contribution >= 4 is 5.91 Å². The van der Waals surface area contributed by atoms with Gasteiger partial charge in [0.25, 0.3) is 5.91 Å². The molecule has 22 heavy (non-hydrogen) atoms. The van der Waals surface area contributed by atoms with Crippen molar-refractivity contribution in [3.05, 3.63) is 58.8 Å². The van der Waals surface area contributed by atoms with Crippen LogP contribution >= 0.6 is 0 Å². The molecule has 3 rings (SSSR count). The summed E-state index contributed by atoms with van der Waals surface area (Å²) < 4.78 is 19.0. The first-order valence-electron chi connectivity index (χ1n) is 7.40. The Morgan fingerprint density at radius 2 is 2.18 bits per heavy atom. The number of hydrogen-bond acceptors (Lipinski definition) is 3. The molecule has 1 aliphatic heterocycles. The van der Waals surface area contributed by atoms with Crippen LogP contribution in [-0.4, -0.2) is 30.4 Å². The van der Waals surface area contributed by atoms with Crippen LogP contribution in [0.15, 0.2) is 34.7 Å². The first kappa shape index (κ1) is 14.8. The summed E-state index contributed by atoms with van der Waals surface area (Å²) in [5.41, 5.74) is 1.39. The first-order chi connectivity index (χ1) is 10.6. The molecule has 0 saturated carbocycles. The van der Waals surface area contributed by atoms with E-state index in [0.29, 0.717) is 24.4 Å². The van der Waals surface area contributed by atoms with Gasteiger partial charge in [-0.15, -0.1) is 0 Å². The third kappa shape index (κ3) is 2.76. The lowest BCUT2D eigenvalue weighted by molar-refractivity contribution is 0.0632. The molecule has 1 unspecified atom stereocenters. The first-order valence-corrected chi connectivity index (χ1v) is 7.40. The summed E-state index contributed by atoms with van der Waals surface area (Å²) in [5, 5.41) is 3.27. The average molecular weight is 302 g/mol. The molecular formula is C17H19FN2O2. The molecule has 116 valence electrons. The normalized spacial score (nSPS) is 18.5. The second-order valence-electron chi connectivity index (χ2n) is 5.60. The van der Waals surface area contributed by atoms with Gasteiger partial charge in [0.05, 0.1) is 11.6 Å². The highest BCUT2D eigenvalue weighted by Gasteiger charge is 2.30. The van der Waals surface area contributed by atoms with Crippen molar-refractivity contribution in [3.8, 4) is 0 Å². The van der Waals surface area contributed by atoms with Crippen molar-refractivity contribution in [3.63, 3.8) is 0 Å². The third-order valence-electron chi connectivity index (χ3n) is 4.01. The highest BCUT2D eigenvalue weighted by atomic mass is 19.1. The van der Waals surface area contributed by atoms with E-state index in [4.69, 9.17) is 4.42 Å². The van der Waals surface area contributed by atoms with E-state index < -0.39 is 0 Å². The summed E-state index contributed by atoms with van der Waals surface area (Å²) in [6.07, 6.45) is 0. The van der Waals surface area contributed by atoms with Crippen molar-refractivity contribution in [2.24, 2.45) is 0 Å². The number of nitrogens with one attached hydrogen (secondary N) is 1. The van der Waals surface area contributed by atoms with Crippen LogP contribution in [-0.2, 0) is 0 Å². The molecule has 0 aliphatic carbocycles. The van der Waals surface area contributed by atoms with Crippen LogP contribution < -0.4 is 5.32 Å². The van der Waals surface area contributed by atoms with Gasteiger partial charge in [-0.1, -0.05) is 12.1 Å². The molecular weight excluding hydrogens is 283 g/mol. The van der Waals surface area contributed by atoms with E-state index in [0.717, 1.165) is 17.9 Å². The Morgan fingerprint density at radius 1 is 1.36 bits per heavy atom. The van der Waals surface area contributed by atoms with Crippen molar-refractivity contribution < 1.29 is 13.6 Å². The lowest BCUT2D eigenvalue weighted by Gasteiger charge is -2.36. The number of halogens is 1. The Morgan fingerprint density at radius 3 is 2.86 bits per heavy atom. The quantitative estimate of drug-likeness (QED) is 0.928. The molecule has 1 fully saturated rings. The van der Waals surface area contributed by atoms with Crippen molar-refractivity contribution in [1.29, 1.82) is 0 Å². The van der Waals surface area contributed by atoms with Gasteiger partial charge in [0, 0.05) is 19.6 Å². The maximum atomic E-state index is 13.5. The number of piperazine rings is 1.